The number of para-hydroxylation sites is 3. The molecule has 0 aliphatic rings. The van der Waals surface area contributed by atoms with Gasteiger partial charge in [-0.3, -0.25) is 4.57 Å². The fourth-order valence-electron chi connectivity index (χ4n) is 9.02. The minimum atomic E-state index is 0.531. The third kappa shape index (κ3) is 5.58. The summed E-state index contributed by atoms with van der Waals surface area (Å²) in [6.07, 6.45) is 0. The molecule has 5 aromatic heterocycles. The molecule has 0 saturated carbocycles. The molecule has 0 bridgehead atoms. The Bertz CT molecular complexity index is 3910. The first-order valence-corrected chi connectivity index (χ1v) is 20.8. The number of aromatic nitrogens is 6. The summed E-state index contributed by atoms with van der Waals surface area (Å²) in [5.41, 5.74) is 12.1. The van der Waals surface area contributed by atoms with Crippen molar-refractivity contribution in [2.24, 2.45) is 0 Å². The number of hydrogen-bond acceptors (Lipinski definition) is 7. The van der Waals surface area contributed by atoms with Gasteiger partial charge in [0.15, 0.2) is 23.1 Å². The Labute approximate surface area is 359 Å². The van der Waals surface area contributed by atoms with E-state index < -0.39 is 0 Å². The van der Waals surface area contributed by atoms with E-state index >= 15 is 0 Å². The van der Waals surface area contributed by atoms with E-state index in [1.165, 1.54) is 0 Å². The molecule has 13 aromatic rings. The molecule has 0 atom stereocenters. The summed E-state index contributed by atoms with van der Waals surface area (Å²) in [6.45, 7) is 0. The van der Waals surface area contributed by atoms with Crippen molar-refractivity contribution in [1.29, 1.82) is 0 Å². The molecule has 294 valence electrons. The summed E-state index contributed by atoms with van der Waals surface area (Å²) in [7, 11) is 0. The van der Waals surface area contributed by atoms with Crippen molar-refractivity contribution in [2.75, 3.05) is 0 Å². The summed E-state index contributed by atoms with van der Waals surface area (Å²) < 4.78 is 15.3. The fourth-order valence-corrected chi connectivity index (χ4v) is 9.02. The third-order valence-corrected chi connectivity index (χ3v) is 11.9. The zero-order valence-electron chi connectivity index (χ0n) is 33.5. The van der Waals surface area contributed by atoms with Crippen LogP contribution in [0.15, 0.2) is 203 Å². The molecular formula is C55H32N6O2. The summed E-state index contributed by atoms with van der Waals surface area (Å²) in [6, 6.07) is 65.8. The van der Waals surface area contributed by atoms with Crippen LogP contribution in [0.2, 0.25) is 0 Å². The molecule has 0 aliphatic heterocycles. The molecule has 8 aromatic carbocycles. The average Bonchev–Trinajstić information content (AvgIpc) is 4.04. The Balaban J connectivity index is 1.01. The number of rotatable bonds is 6. The zero-order valence-corrected chi connectivity index (χ0v) is 33.5. The van der Waals surface area contributed by atoms with Gasteiger partial charge in [0, 0.05) is 43.6 Å². The highest BCUT2D eigenvalue weighted by Crippen LogP contribution is 2.41. The molecule has 0 N–H and O–H groups in total. The van der Waals surface area contributed by atoms with Crippen LogP contribution in [0.1, 0.15) is 0 Å². The monoisotopic (exact) mass is 808 g/mol. The lowest BCUT2D eigenvalue weighted by Crippen LogP contribution is -2.06. The van der Waals surface area contributed by atoms with Gasteiger partial charge in [-0.25, -0.2) is 15.0 Å². The molecule has 8 nitrogen and oxygen atoms in total. The van der Waals surface area contributed by atoms with Crippen LogP contribution in [-0.2, 0) is 0 Å². The van der Waals surface area contributed by atoms with Crippen LogP contribution in [0, 0.1) is 0 Å². The molecular weight excluding hydrogens is 777 g/mol. The van der Waals surface area contributed by atoms with Crippen molar-refractivity contribution >= 4 is 65.8 Å². The van der Waals surface area contributed by atoms with E-state index in [0.717, 1.165) is 93.7 Å². The summed E-state index contributed by atoms with van der Waals surface area (Å²) in [5, 5.41) is 5.05. The minimum Gasteiger partial charge on any atom is -0.455 e. The van der Waals surface area contributed by atoms with E-state index in [2.05, 4.69) is 83.4 Å². The molecule has 63 heavy (non-hydrogen) atoms. The Kier molecular flexibility index (Phi) is 7.74. The Morgan fingerprint density at radius 2 is 0.952 bits per heavy atom. The number of hydrogen-bond donors (Lipinski definition) is 0. The van der Waals surface area contributed by atoms with Crippen LogP contribution >= 0.6 is 0 Å². The second-order valence-corrected chi connectivity index (χ2v) is 15.6. The van der Waals surface area contributed by atoms with E-state index in [0.29, 0.717) is 34.6 Å². The zero-order chi connectivity index (χ0) is 41.4. The van der Waals surface area contributed by atoms with E-state index in [-0.39, 0.29) is 0 Å². The van der Waals surface area contributed by atoms with Gasteiger partial charge in [-0.05, 0) is 59.7 Å². The molecule has 0 fully saturated rings. The van der Waals surface area contributed by atoms with E-state index in [4.69, 9.17) is 33.8 Å². The van der Waals surface area contributed by atoms with Gasteiger partial charge in [-0.1, -0.05) is 146 Å². The third-order valence-electron chi connectivity index (χ3n) is 11.9. The number of fused-ring (bicyclic) bond motifs is 9. The molecule has 0 aliphatic carbocycles. The van der Waals surface area contributed by atoms with Crippen molar-refractivity contribution in [3.8, 4) is 62.5 Å². The van der Waals surface area contributed by atoms with Crippen molar-refractivity contribution in [3.05, 3.63) is 194 Å². The maximum Gasteiger partial charge on any atom is 0.238 e. The maximum absolute atomic E-state index is 6.71. The molecule has 0 unspecified atom stereocenters. The standard InChI is InChI=1S/C55H32N6O2/c1-4-16-33(17-5-1)37-24-15-28-44-47(37)39-22-10-12-27-43(39)61(44)55-59-52(35-20-8-3-9-21-35)58-53(60-55)36-30-31-46-42(32-36)38-25-14-26-41(50(38)62-46)54-56-48(34-18-6-2-7-19-34)51-49(57-54)40-23-11-13-29-45(40)63-51/h1-32H. The first-order valence-electron chi connectivity index (χ1n) is 20.8. The normalized spacial score (nSPS) is 11.8. The fraction of sp³-hybridized carbons (Fsp3) is 0. The topological polar surface area (TPSA) is 95.7 Å². The SMILES string of the molecule is c1ccc(-c2nc(-c3ccc4oc5c(-c6nc(-c7ccccc7)c7oc8ccccc8c7n6)cccc5c4c3)nc(-n3c4ccccc4c4c(-c5ccccc5)cccc43)n2)cc1. The van der Waals surface area contributed by atoms with E-state index in [9.17, 15) is 0 Å². The predicted octanol–water partition coefficient (Wildman–Crippen LogP) is 13.9. The second-order valence-electron chi connectivity index (χ2n) is 15.6. The quantitative estimate of drug-likeness (QED) is 0.165. The average molecular weight is 809 g/mol. The largest absolute Gasteiger partial charge is 0.455 e. The van der Waals surface area contributed by atoms with E-state index in [1.807, 2.05) is 115 Å². The van der Waals surface area contributed by atoms with Gasteiger partial charge in [0.05, 0.1) is 16.6 Å². The molecule has 13 rings (SSSR count). The minimum absolute atomic E-state index is 0.531. The lowest BCUT2D eigenvalue weighted by Gasteiger charge is -2.11. The van der Waals surface area contributed by atoms with Gasteiger partial charge < -0.3 is 8.83 Å². The first kappa shape index (κ1) is 35.0. The molecule has 0 saturated heterocycles. The van der Waals surface area contributed by atoms with Crippen molar-refractivity contribution in [3.63, 3.8) is 0 Å². The smallest absolute Gasteiger partial charge is 0.238 e. The van der Waals surface area contributed by atoms with Crippen LogP contribution in [0.5, 0.6) is 0 Å². The van der Waals surface area contributed by atoms with Crippen LogP contribution in [0.3, 0.4) is 0 Å². The van der Waals surface area contributed by atoms with Gasteiger partial charge in [0.2, 0.25) is 5.95 Å². The maximum atomic E-state index is 6.71. The van der Waals surface area contributed by atoms with Crippen LogP contribution in [0.25, 0.3) is 128 Å². The van der Waals surface area contributed by atoms with E-state index in [1.54, 1.807) is 0 Å². The summed E-state index contributed by atoms with van der Waals surface area (Å²) in [4.78, 5) is 25.9. The predicted molar refractivity (Wildman–Crippen MR) is 251 cm³/mol. The van der Waals surface area contributed by atoms with Crippen LogP contribution in [-0.4, -0.2) is 29.5 Å². The molecule has 0 radical (unpaired) electrons. The number of nitrogens with zero attached hydrogens (tertiary/aromatic N) is 6. The highest BCUT2D eigenvalue weighted by atomic mass is 16.3. The molecule has 8 heteroatoms. The lowest BCUT2D eigenvalue weighted by atomic mass is 9.99. The second kappa shape index (κ2) is 13.9. The van der Waals surface area contributed by atoms with Gasteiger partial charge in [-0.2, -0.15) is 9.97 Å². The van der Waals surface area contributed by atoms with Crippen LogP contribution < -0.4 is 0 Å². The Morgan fingerprint density at radius 1 is 0.349 bits per heavy atom. The van der Waals surface area contributed by atoms with Crippen molar-refractivity contribution < 1.29 is 8.83 Å². The van der Waals surface area contributed by atoms with Crippen molar-refractivity contribution in [1.82, 2.24) is 29.5 Å². The lowest BCUT2D eigenvalue weighted by molar-refractivity contribution is 0.666. The first-order chi connectivity index (χ1) is 31.2. The van der Waals surface area contributed by atoms with Gasteiger partial charge in [-0.15, -0.1) is 0 Å². The molecule has 5 heterocycles. The summed E-state index contributed by atoms with van der Waals surface area (Å²) >= 11 is 0. The van der Waals surface area contributed by atoms with Crippen LogP contribution in [0.4, 0.5) is 0 Å². The highest BCUT2D eigenvalue weighted by Gasteiger charge is 2.23. The van der Waals surface area contributed by atoms with Gasteiger partial charge in [0.1, 0.15) is 28.0 Å². The number of benzene rings is 8. The van der Waals surface area contributed by atoms with Crippen molar-refractivity contribution in [2.45, 2.75) is 0 Å². The molecule has 0 spiro atoms. The molecule has 0 amide bonds. The highest BCUT2D eigenvalue weighted by molar-refractivity contribution is 6.16. The summed E-state index contributed by atoms with van der Waals surface area (Å²) in [5.74, 6) is 2.20. The Morgan fingerprint density at radius 3 is 1.76 bits per heavy atom. The van der Waals surface area contributed by atoms with Gasteiger partial charge >= 0.3 is 0 Å². The number of furan rings is 2. The van der Waals surface area contributed by atoms with Gasteiger partial charge in [0.25, 0.3) is 0 Å². The Hall–Kier alpha value is -8.75.